The van der Waals surface area contributed by atoms with Crippen molar-refractivity contribution in [3.8, 4) is 18.2 Å². The van der Waals surface area contributed by atoms with Crippen molar-refractivity contribution in [1.82, 2.24) is 0 Å². The molecular weight excluding hydrogens is 256 g/mol. The molecule has 0 aromatic heterocycles. The lowest BCUT2D eigenvalue weighted by Crippen LogP contribution is -2.10. The average Bonchev–Trinajstić information content (AvgIpc) is 2.42. The minimum Gasteiger partial charge on any atom is -0.478 e. The minimum atomic E-state index is -1.15. The number of carboxylic acid groups (broad SMARTS) is 1. The zero-order valence-electron chi connectivity index (χ0n) is 10.9. The quantitative estimate of drug-likeness (QED) is 0.809. The fourth-order valence-corrected chi connectivity index (χ4v) is 1.66. The molecule has 0 unspecified atom stereocenters. The van der Waals surface area contributed by atoms with E-state index in [2.05, 4.69) is 5.32 Å². The molecule has 0 aliphatic heterocycles. The van der Waals surface area contributed by atoms with Crippen LogP contribution >= 0.6 is 0 Å². The predicted molar refractivity (Wildman–Crippen MR) is 70.4 cm³/mol. The summed E-state index contributed by atoms with van der Waals surface area (Å²) in [5.41, 5.74) is 0.648. The number of hydrogen-bond donors (Lipinski definition) is 2. The Labute approximate surface area is 115 Å². The molecule has 0 bridgehead atoms. The van der Waals surface area contributed by atoms with Gasteiger partial charge in [0.15, 0.2) is 5.57 Å². The van der Waals surface area contributed by atoms with E-state index >= 15 is 0 Å². The molecule has 0 spiro atoms. The third kappa shape index (κ3) is 2.75. The highest BCUT2D eigenvalue weighted by atomic mass is 16.4. The van der Waals surface area contributed by atoms with Crippen LogP contribution in [0.4, 0.5) is 5.69 Å². The van der Waals surface area contributed by atoms with Crippen molar-refractivity contribution in [2.75, 3.05) is 5.32 Å². The lowest BCUT2D eigenvalue weighted by molar-refractivity contribution is 0.0697. The van der Waals surface area contributed by atoms with Crippen LogP contribution in [0.25, 0.3) is 0 Å². The van der Waals surface area contributed by atoms with E-state index in [-0.39, 0.29) is 16.9 Å². The van der Waals surface area contributed by atoms with Crippen LogP contribution in [0.2, 0.25) is 0 Å². The van der Waals surface area contributed by atoms with Crippen molar-refractivity contribution in [1.29, 1.82) is 15.8 Å². The number of carboxylic acids is 1. The Kier molecular flexibility index (Phi) is 4.46. The molecule has 20 heavy (non-hydrogen) atoms. The van der Waals surface area contributed by atoms with Gasteiger partial charge in [0.25, 0.3) is 0 Å². The first-order chi connectivity index (χ1) is 9.46. The van der Waals surface area contributed by atoms with Crippen LogP contribution in [0.15, 0.2) is 23.4 Å². The molecule has 0 saturated carbocycles. The summed E-state index contributed by atoms with van der Waals surface area (Å²) >= 11 is 0. The number of nitriles is 3. The number of hydrogen-bond acceptors (Lipinski definition) is 5. The maximum absolute atomic E-state index is 11.3. The first kappa shape index (κ1) is 14.8. The molecule has 1 rings (SSSR count). The Morgan fingerprint density at radius 3 is 2.10 bits per heavy atom. The van der Waals surface area contributed by atoms with E-state index in [4.69, 9.17) is 15.8 Å². The summed E-state index contributed by atoms with van der Waals surface area (Å²) in [6, 6.07) is 8.22. The van der Waals surface area contributed by atoms with Gasteiger partial charge in [-0.25, -0.2) is 4.79 Å². The van der Waals surface area contributed by atoms with Gasteiger partial charge < -0.3 is 10.4 Å². The predicted octanol–water partition coefficient (Wildman–Crippen LogP) is 2.24. The largest absolute Gasteiger partial charge is 0.478 e. The lowest BCUT2D eigenvalue weighted by Gasteiger charge is -2.13. The van der Waals surface area contributed by atoms with Crippen molar-refractivity contribution in [3.05, 3.63) is 40.1 Å². The van der Waals surface area contributed by atoms with Gasteiger partial charge in [-0.15, -0.1) is 0 Å². The van der Waals surface area contributed by atoms with E-state index in [1.165, 1.54) is 0 Å². The third-order valence-corrected chi connectivity index (χ3v) is 2.67. The van der Waals surface area contributed by atoms with E-state index in [1.54, 1.807) is 44.2 Å². The van der Waals surface area contributed by atoms with Gasteiger partial charge in [0, 0.05) is 0 Å². The van der Waals surface area contributed by atoms with Crippen LogP contribution in [-0.4, -0.2) is 11.1 Å². The van der Waals surface area contributed by atoms with Gasteiger partial charge in [-0.2, -0.15) is 15.8 Å². The van der Waals surface area contributed by atoms with Crippen LogP contribution in [0.5, 0.6) is 0 Å². The number of benzene rings is 1. The van der Waals surface area contributed by atoms with E-state index in [1.807, 2.05) is 0 Å². The summed E-state index contributed by atoms with van der Waals surface area (Å²) in [5, 5.41) is 38.4. The molecule has 0 amide bonds. The highest BCUT2D eigenvalue weighted by Gasteiger charge is 2.17. The maximum atomic E-state index is 11.3. The zero-order chi connectivity index (χ0) is 15.3. The van der Waals surface area contributed by atoms with E-state index in [0.29, 0.717) is 11.1 Å². The Bertz CT molecular complexity index is 711. The van der Waals surface area contributed by atoms with Gasteiger partial charge >= 0.3 is 5.97 Å². The van der Waals surface area contributed by atoms with Gasteiger partial charge in [-0.05, 0) is 25.0 Å². The third-order valence-electron chi connectivity index (χ3n) is 2.67. The highest BCUT2D eigenvalue weighted by molar-refractivity contribution is 5.97. The summed E-state index contributed by atoms with van der Waals surface area (Å²) in [5.74, 6) is -1.15. The number of nitrogens with zero attached hydrogens (tertiary/aromatic N) is 3. The molecule has 0 radical (unpaired) electrons. The molecule has 0 aliphatic rings. The Balaban J connectivity index is 3.52. The van der Waals surface area contributed by atoms with Gasteiger partial charge in [-0.1, -0.05) is 12.1 Å². The molecular formula is C14H10N4O2. The van der Waals surface area contributed by atoms with Crippen molar-refractivity contribution in [2.24, 2.45) is 0 Å². The molecule has 98 valence electrons. The van der Waals surface area contributed by atoms with E-state index in [0.717, 1.165) is 0 Å². The van der Waals surface area contributed by atoms with Gasteiger partial charge in [0.1, 0.15) is 23.9 Å². The fourth-order valence-electron chi connectivity index (χ4n) is 1.66. The van der Waals surface area contributed by atoms with Gasteiger partial charge in [0.2, 0.25) is 0 Å². The molecule has 0 saturated heterocycles. The first-order valence-electron chi connectivity index (χ1n) is 5.51. The summed E-state index contributed by atoms with van der Waals surface area (Å²) in [7, 11) is 0. The summed E-state index contributed by atoms with van der Waals surface area (Å²) in [6.45, 7) is 3.29. The van der Waals surface area contributed by atoms with Crippen LogP contribution in [0.1, 0.15) is 21.5 Å². The monoisotopic (exact) mass is 266 g/mol. The van der Waals surface area contributed by atoms with Crippen LogP contribution in [-0.2, 0) is 0 Å². The van der Waals surface area contributed by atoms with Gasteiger partial charge in [0.05, 0.1) is 11.3 Å². The number of carbonyl (C=O) groups is 1. The second kappa shape index (κ2) is 6.04. The molecule has 2 N–H and O–H groups in total. The fraction of sp³-hybridized carbons (Fsp3) is 0.143. The van der Waals surface area contributed by atoms with Crippen molar-refractivity contribution < 1.29 is 9.90 Å². The normalized spacial score (nSPS) is 8.75. The molecule has 1 aromatic carbocycles. The number of aromatic carboxylic acids is 1. The molecule has 0 fully saturated rings. The number of aryl methyl sites for hydroxylation is 2. The summed E-state index contributed by atoms with van der Waals surface area (Å²) in [6.07, 6.45) is 0. The summed E-state index contributed by atoms with van der Waals surface area (Å²) in [4.78, 5) is 11.3. The topological polar surface area (TPSA) is 121 Å². The van der Waals surface area contributed by atoms with E-state index < -0.39 is 11.5 Å². The molecule has 6 nitrogen and oxygen atoms in total. The number of nitrogens with one attached hydrogen (secondary N) is 1. The zero-order valence-corrected chi connectivity index (χ0v) is 10.9. The Morgan fingerprint density at radius 2 is 1.65 bits per heavy atom. The number of rotatable bonds is 3. The van der Waals surface area contributed by atoms with Crippen molar-refractivity contribution in [2.45, 2.75) is 13.8 Å². The SMILES string of the molecule is Cc1ccc(C)c(C(=O)O)c1NC(C#N)=C(C#N)C#N. The molecule has 6 heteroatoms. The van der Waals surface area contributed by atoms with Gasteiger partial charge in [-0.3, -0.25) is 0 Å². The second-order valence-electron chi connectivity index (χ2n) is 3.96. The summed E-state index contributed by atoms with van der Waals surface area (Å²) < 4.78 is 0. The molecule has 0 atom stereocenters. The van der Waals surface area contributed by atoms with Crippen molar-refractivity contribution >= 4 is 11.7 Å². The smallest absolute Gasteiger partial charge is 0.338 e. The molecule has 1 aromatic rings. The Morgan fingerprint density at radius 1 is 1.10 bits per heavy atom. The molecule has 0 aliphatic carbocycles. The second-order valence-corrected chi connectivity index (χ2v) is 3.96. The van der Waals surface area contributed by atoms with Crippen LogP contribution in [0.3, 0.4) is 0 Å². The molecule has 0 heterocycles. The lowest BCUT2D eigenvalue weighted by atomic mass is 10.0. The maximum Gasteiger partial charge on any atom is 0.338 e. The Hall–Kier alpha value is -3.30. The van der Waals surface area contributed by atoms with Crippen molar-refractivity contribution in [3.63, 3.8) is 0 Å². The highest BCUT2D eigenvalue weighted by Crippen LogP contribution is 2.26. The standard InChI is InChI=1S/C14H10N4O2/c1-8-3-4-9(2)13(12(8)14(19)20)18-11(7-17)10(5-15)6-16/h3-4,18H,1-2H3,(H,19,20). The number of anilines is 1. The average molecular weight is 266 g/mol. The number of allylic oxidation sites excluding steroid dienone is 2. The first-order valence-corrected chi connectivity index (χ1v) is 5.51. The van der Waals surface area contributed by atoms with Crippen LogP contribution in [0, 0.1) is 47.8 Å². The van der Waals surface area contributed by atoms with E-state index in [9.17, 15) is 9.90 Å². The minimum absolute atomic E-state index is 0.00739. The van der Waals surface area contributed by atoms with Crippen LogP contribution < -0.4 is 5.32 Å².